The van der Waals surface area contributed by atoms with Gasteiger partial charge in [0.15, 0.2) is 5.78 Å². The van der Waals surface area contributed by atoms with Crippen LogP contribution in [0.5, 0.6) is 0 Å². The zero-order valence-corrected chi connectivity index (χ0v) is 9.67. The minimum atomic E-state index is 0.313. The Morgan fingerprint density at radius 2 is 1.88 bits per heavy atom. The van der Waals surface area contributed by atoms with Crippen LogP contribution in [-0.4, -0.2) is 5.78 Å². The van der Waals surface area contributed by atoms with Crippen molar-refractivity contribution in [2.75, 3.05) is 0 Å². The summed E-state index contributed by atoms with van der Waals surface area (Å²) in [4.78, 5) is 13.1. The molecule has 0 atom stereocenters. The molecule has 3 rings (SSSR count). The van der Waals surface area contributed by atoms with E-state index in [-0.39, 0.29) is 0 Å². The van der Waals surface area contributed by atoms with E-state index in [1.54, 1.807) is 11.3 Å². The van der Waals surface area contributed by atoms with Crippen molar-refractivity contribution >= 4 is 17.1 Å². The molecule has 0 radical (unpaired) electrons. The Bertz CT molecular complexity index is 492. The molecule has 2 heteroatoms. The van der Waals surface area contributed by atoms with Crippen LogP contribution in [0.25, 0.3) is 10.4 Å². The Balaban J connectivity index is 1.87. The molecule has 16 heavy (non-hydrogen) atoms. The third kappa shape index (κ3) is 1.81. The fraction of sp³-hybridized carbons (Fsp3) is 0.214. The zero-order chi connectivity index (χ0) is 11.0. The van der Waals surface area contributed by atoms with Gasteiger partial charge in [0.2, 0.25) is 0 Å². The van der Waals surface area contributed by atoms with E-state index in [1.165, 1.54) is 10.4 Å². The van der Waals surface area contributed by atoms with Crippen LogP contribution in [0.3, 0.4) is 0 Å². The van der Waals surface area contributed by atoms with Crippen molar-refractivity contribution < 1.29 is 4.79 Å². The number of Topliss-reactive ketones (excluding diaryl/α,β-unsaturated/α-hetero) is 1. The first-order chi connectivity index (χ1) is 7.84. The highest BCUT2D eigenvalue weighted by Gasteiger charge is 2.30. The summed E-state index contributed by atoms with van der Waals surface area (Å²) in [6, 6.07) is 12.1. The maximum atomic E-state index is 11.8. The Morgan fingerprint density at radius 3 is 2.44 bits per heavy atom. The van der Waals surface area contributed by atoms with Gasteiger partial charge in [-0.3, -0.25) is 4.79 Å². The molecule has 80 valence electrons. The van der Waals surface area contributed by atoms with E-state index in [2.05, 4.69) is 11.4 Å². The minimum absolute atomic E-state index is 0.313. The number of thiophene rings is 1. The Morgan fingerprint density at radius 1 is 1.12 bits per heavy atom. The minimum Gasteiger partial charge on any atom is -0.294 e. The maximum absolute atomic E-state index is 11.8. The van der Waals surface area contributed by atoms with Crippen molar-refractivity contribution in [1.29, 1.82) is 0 Å². The number of hydrogen-bond acceptors (Lipinski definition) is 2. The van der Waals surface area contributed by atoms with Crippen LogP contribution in [-0.2, 0) is 0 Å². The summed E-state index contributed by atoms with van der Waals surface area (Å²) in [5.74, 6) is 0.630. The van der Waals surface area contributed by atoms with E-state index < -0.39 is 0 Å². The van der Waals surface area contributed by atoms with Gasteiger partial charge in [-0.25, -0.2) is 0 Å². The summed E-state index contributed by atoms with van der Waals surface area (Å²) in [6.45, 7) is 0. The largest absolute Gasteiger partial charge is 0.294 e. The van der Waals surface area contributed by atoms with Crippen LogP contribution < -0.4 is 0 Å². The lowest BCUT2D eigenvalue weighted by atomic mass is 10.0. The van der Waals surface area contributed by atoms with Gasteiger partial charge in [-0.15, -0.1) is 11.3 Å². The van der Waals surface area contributed by atoms with E-state index >= 15 is 0 Å². The third-order valence-corrected chi connectivity index (χ3v) is 3.84. The van der Waals surface area contributed by atoms with E-state index in [4.69, 9.17) is 0 Å². The molecular formula is C14H12OS. The quantitative estimate of drug-likeness (QED) is 0.725. The normalized spacial score (nSPS) is 15.0. The molecule has 0 saturated heterocycles. The Kier molecular flexibility index (Phi) is 2.37. The molecule has 1 aromatic heterocycles. The molecule has 0 unspecified atom stereocenters. The van der Waals surface area contributed by atoms with Gasteiger partial charge in [-0.05, 0) is 29.9 Å². The number of hydrogen-bond donors (Lipinski definition) is 0. The summed E-state index contributed by atoms with van der Waals surface area (Å²) in [7, 11) is 0. The number of ketones is 1. The summed E-state index contributed by atoms with van der Waals surface area (Å²) in [5.41, 5.74) is 2.06. The van der Waals surface area contributed by atoms with Crippen molar-refractivity contribution in [3.05, 3.63) is 47.3 Å². The molecule has 0 bridgehead atoms. The average Bonchev–Trinajstić information content (AvgIpc) is 3.04. The lowest BCUT2D eigenvalue weighted by Crippen LogP contribution is -2.00. The lowest BCUT2D eigenvalue weighted by molar-refractivity contribution is 0.0967. The van der Waals surface area contributed by atoms with Gasteiger partial charge >= 0.3 is 0 Å². The molecule has 1 aliphatic carbocycles. The monoisotopic (exact) mass is 228 g/mol. The number of carbonyl (C=O) groups excluding carboxylic acids is 1. The molecule has 1 aromatic carbocycles. The fourth-order valence-corrected chi connectivity index (χ4v) is 2.56. The van der Waals surface area contributed by atoms with Gasteiger partial charge in [-0.2, -0.15) is 0 Å². The number of rotatable bonds is 3. The summed E-state index contributed by atoms with van der Waals surface area (Å²) >= 11 is 1.72. The van der Waals surface area contributed by atoms with Gasteiger partial charge in [-0.1, -0.05) is 30.3 Å². The average molecular weight is 228 g/mol. The molecular weight excluding hydrogens is 216 g/mol. The fourth-order valence-electron chi connectivity index (χ4n) is 1.82. The van der Waals surface area contributed by atoms with Gasteiger partial charge in [0, 0.05) is 16.4 Å². The van der Waals surface area contributed by atoms with Crippen LogP contribution >= 0.6 is 11.3 Å². The second kappa shape index (κ2) is 3.87. The summed E-state index contributed by atoms with van der Waals surface area (Å²) in [5, 5.41) is 2.07. The van der Waals surface area contributed by atoms with Gasteiger partial charge in [0.05, 0.1) is 0 Å². The van der Waals surface area contributed by atoms with Crippen LogP contribution in [0.1, 0.15) is 23.2 Å². The number of carbonyl (C=O) groups is 1. The third-order valence-electron chi connectivity index (χ3n) is 2.92. The second-order valence-electron chi connectivity index (χ2n) is 4.19. The van der Waals surface area contributed by atoms with Crippen LogP contribution in [0.4, 0.5) is 0 Å². The van der Waals surface area contributed by atoms with Crippen LogP contribution in [0.2, 0.25) is 0 Å². The zero-order valence-electron chi connectivity index (χ0n) is 8.85. The van der Waals surface area contributed by atoms with E-state index in [0.29, 0.717) is 11.7 Å². The SMILES string of the molecule is O=C(c1ccc(-c2cccs2)cc1)C1CC1. The first kappa shape index (κ1) is 9.79. The van der Waals surface area contributed by atoms with Gasteiger partial charge in [0.1, 0.15) is 0 Å². The predicted molar refractivity (Wildman–Crippen MR) is 66.8 cm³/mol. The Hall–Kier alpha value is -1.41. The highest BCUT2D eigenvalue weighted by Crippen LogP contribution is 2.33. The molecule has 1 nitrogen and oxygen atoms in total. The van der Waals surface area contributed by atoms with Crippen LogP contribution in [0.15, 0.2) is 41.8 Å². The molecule has 1 fully saturated rings. The van der Waals surface area contributed by atoms with E-state index in [0.717, 1.165) is 18.4 Å². The summed E-state index contributed by atoms with van der Waals surface area (Å²) < 4.78 is 0. The molecule has 1 heterocycles. The highest BCUT2D eigenvalue weighted by molar-refractivity contribution is 7.13. The molecule has 0 spiro atoms. The van der Waals surface area contributed by atoms with E-state index in [1.807, 2.05) is 30.3 Å². The van der Waals surface area contributed by atoms with Crippen molar-refractivity contribution in [2.24, 2.45) is 5.92 Å². The van der Waals surface area contributed by atoms with Crippen molar-refractivity contribution in [1.82, 2.24) is 0 Å². The highest BCUT2D eigenvalue weighted by atomic mass is 32.1. The van der Waals surface area contributed by atoms with Crippen molar-refractivity contribution in [2.45, 2.75) is 12.8 Å². The first-order valence-electron chi connectivity index (χ1n) is 5.53. The summed E-state index contributed by atoms with van der Waals surface area (Å²) in [6.07, 6.45) is 2.15. The smallest absolute Gasteiger partial charge is 0.165 e. The van der Waals surface area contributed by atoms with Crippen LogP contribution in [0, 0.1) is 5.92 Å². The standard InChI is InChI=1S/C14H12OS/c15-14(12-7-8-12)11-5-3-10(4-6-11)13-2-1-9-16-13/h1-6,9,12H,7-8H2. The Labute approximate surface area is 98.7 Å². The van der Waals surface area contributed by atoms with E-state index in [9.17, 15) is 4.79 Å². The number of benzene rings is 1. The molecule has 1 aliphatic rings. The molecule has 2 aromatic rings. The molecule has 1 saturated carbocycles. The molecule has 0 amide bonds. The lowest BCUT2D eigenvalue weighted by Gasteiger charge is -2.01. The molecule has 0 N–H and O–H groups in total. The molecule has 0 aliphatic heterocycles. The van der Waals surface area contributed by atoms with Crippen molar-refractivity contribution in [3.8, 4) is 10.4 Å². The predicted octanol–water partition coefficient (Wildman–Crippen LogP) is 4.01. The van der Waals surface area contributed by atoms with Crippen molar-refractivity contribution in [3.63, 3.8) is 0 Å². The van der Waals surface area contributed by atoms with Gasteiger partial charge < -0.3 is 0 Å². The topological polar surface area (TPSA) is 17.1 Å². The van der Waals surface area contributed by atoms with Gasteiger partial charge in [0.25, 0.3) is 0 Å². The first-order valence-corrected chi connectivity index (χ1v) is 6.41. The second-order valence-corrected chi connectivity index (χ2v) is 5.14. The maximum Gasteiger partial charge on any atom is 0.165 e.